The molecule has 2 fully saturated rings. The molecule has 4 atom stereocenters. The van der Waals surface area contributed by atoms with Gasteiger partial charge in [-0.05, 0) is 85.1 Å². The molecular weight excluding hydrogens is 635 g/mol. The summed E-state index contributed by atoms with van der Waals surface area (Å²) >= 11 is 0. The number of pyridine rings is 1. The topological polar surface area (TPSA) is 53.4 Å². The Labute approximate surface area is 237 Å². The van der Waals surface area contributed by atoms with Crippen LogP contribution < -0.4 is 0 Å². The Morgan fingerprint density at radius 2 is 1.57 bits per heavy atom. The molecule has 1 heterocycles. The van der Waals surface area contributed by atoms with Crippen molar-refractivity contribution in [3.05, 3.63) is 66.4 Å². The van der Waals surface area contributed by atoms with Crippen LogP contribution in [0.15, 0.2) is 54.7 Å². The van der Waals surface area contributed by atoms with Gasteiger partial charge in [0, 0.05) is 32.2 Å². The largest absolute Gasteiger partial charge is 0.392 e. The van der Waals surface area contributed by atoms with E-state index in [-0.39, 0.29) is 49.1 Å². The van der Waals surface area contributed by atoms with Gasteiger partial charge in [0.2, 0.25) is 0 Å². The van der Waals surface area contributed by atoms with Gasteiger partial charge < -0.3 is 15.2 Å². The molecule has 0 spiro atoms. The monoisotopic (exact) mass is 679 g/mol. The predicted octanol–water partition coefficient (Wildman–Crippen LogP) is 7.76. The first kappa shape index (κ1) is 30.0. The zero-order valence-electron chi connectivity index (χ0n) is 23.1. The summed E-state index contributed by atoms with van der Waals surface area (Å²) in [4.78, 5) is 4.48. The second-order valence-corrected chi connectivity index (χ2v) is 11.3. The van der Waals surface area contributed by atoms with Crippen molar-refractivity contribution in [2.45, 2.75) is 91.8 Å². The van der Waals surface area contributed by atoms with Gasteiger partial charge in [-0.1, -0.05) is 57.5 Å². The molecule has 0 aliphatic heterocycles. The average Bonchev–Trinajstić information content (AvgIpc) is 3.22. The summed E-state index contributed by atoms with van der Waals surface area (Å²) in [5, 5.41) is 24.2. The number of benzene rings is 2. The van der Waals surface area contributed by atoms with E-state index in [1.54, 1.807) is 0 Å². The number of aliphatic hydroxyl groups excluding tert-OH is 2. The van der Waals surface area contributed by atoms with Crippen LogP contribution in [0.25, 0.3) is 22.0 Å². The Hall–Kier alpha value is -1.58. The second-order valence-electron chi connectivity index (χ2n) is 11.3. The molecule has 203 valence electrons. The Morgan fingerprint density at radius 1 is 0.892 bits per heavy atom. The van der Waals surface area contributed by atoms with Crippen LogP contribution in [0.1, 0.15) is 78.2 Å². The molecule has 1 radical (unpaired) electrons. The SMILES string of the molecule is CCC1(CC)CCC2CC(CC)(CC)C(O)C2C1O.Cc1ccc2cnc(-c3[c-]cccc3)cc2c1.[Ir]. The molecule has 2 aliphatic rings. The Balaban J connectivity index is 0.000000201. The molecule has 2 aliphatic carbocycles. The molecule has 2 N–H and O–H groups in total. The molecular formula is C33H44IrNO2-. The number of hydrogen-bond donors (Lipinski definition) is 2. The number of aromatic nitrogens is 1. The van der Waals surface area contributed by atoms with Crippen LogP contribution in [0.5, 0.6) is 0 Å². The van der Waals surface area contributed by atoms with E-state index in [0.29, 0.717) is 5.92 Å². The molecule has 2 aromatic carbocycles. The zero-order valence-corrected chi connectivity index (χ0v) is 25.5. The summed E-state index contributed by atoms with van der Waals surface area (Å²) in [6.45, 7) is 10.9. The van der Waals surface area contributed by atoms with Crippen molar-refractivity contribution < 1.29 is 30.3 Å². The predicted molar refractivity (Wildman–Crippen MR) is 150 cm³/mol. The van der Waals surface area contributed by atoms with E-state index in [9.17, 15) is 10.2 Å². The molecule has 0 bridgehead atoms. The summed E-state index contributed by atoms with van der Waals surface area (Å²) < 4.78 is 0. The van der Waals surface area contributed by atoms with Crippen LogP contribution in [-0.2, 0) is 20.1 Å². The van der Waals surface area contributed by atoms with Crippen molar-refractivity contribution >= 4 is 10.8 Å². The van der Waals surface area contributed by atoms with E-state index >= 15 is 0 Å². The summed E-state index contributed by atoms with van der Waals surface area (Å²) in [6, 6.07) is 19.6. The fourth-order valence-corrected chi connectivity index (χ4v) is 7.14. The van der Waals surface area contributed by atoms with Crippen molar-refractivity contribution in [3.8, 4) is 11.3 Å². The maximum atomic E-state index is 10.9. The van der Waals surface area contributed by atoms with Crippen LogP contribution in [0, 0.1) is 35.7 Å². The Morgan fingerprint density at radius 3 is 2.19 bits per heavy atom. The van der Waals surface area contributed by atoms with Crippen LogP contribution >= 0.6 is 0 Å². The first-order chi connectivity index (χ1) is 17.3. The summed E-state index contributed by atoms with van der Waals surface area (Å²) in [5.41, 5.74) is 3.40. The molecule has 1 aromatic heterocycles. The minimum atomic E-state index is -0.309. The van der Waals surface area contributed by atoms with Gasteiger partial charge in [-0.2, -0.15) is 0 Å². The van der Waals surface area contributed by atoms with Gasteiger partial charge in [0.15, 0.2) is 0 Å². The Kier molecular flexibility index (Phi) is 10.1. The van der Waals surface area contributed by atoms with Gasteiger partial charge in [0.1, 0.15) is 0 Å². The van der Waals surface area contributed by atoms with Gasteiger partial charge >= 0.3 is 0 Å². The van der Waals surface area contributed by atoms with Crippen LogP contribution in [0.2, 0.25) is 0 Å². The van der Waals surface area contributed by atoms with Crippen molar-refractivity contribution in [2.75, 3.05) is 0 Å². The summed E-state index contributed by atoms with van der Waals surface area (Å²) in [5.74, 6) is 0.657. The minimum absolute atomic E-state index is 0. The standard InChI is InChI=1S/C17H32O2.C16H12N.Ir/c1-5-16(6-2)10-9-12-11-17(7-3,8-4)15(19)13(12)14(16)18;1-12-7-8-14-11-17-16(10-15(14)9-12)13-5-3-2-4-6-13;/h12-15,18-19H,5-11H2,1-4H3;2-5,7-11H,1H3;/q;-1;. The first-order valence-electron chi connectivity index (χ1n) is 14.0. The fraction of sp³-hybridized carbons (Fsp3) is 0.545. The van der Waals surface area contributed by atoms with Crippen molar-refractivity contribution in [2.24, 2.45) is 22.7 Å². The van der Waals surface area contributed by atoms with Crippen LogP contribution in [0.4, 0.5) is 0 Å². The third-order valence-corrected chi connectivity index (χ3v) is 9.89. The maximum Gasteiger partial charge on any atom is 0.0651 e. The second kappa shape index (κ2) is 12.5. The fourth-order valence-electron chi connectivity index (χ4n) is 7.14. The van der Waals surface area contributed by atoms with Crippen LogP contribution in [0.3, 0.4) is 0 Å². The molecule has 0 saturated heterocycles. The van der Waals surface area contributed by atoms with Crippen molar-refractivity contribution in [1.82, 2.24) is 4.98 Å². The summed E-state index contributed by atoms with van der Waals surface area (Å²) in [6.07, 6.45) is 8.90. The van der Waals surface area contributed by atoms with E-state index in [1.807, 2.05) is 30.5 Å². The number of rotatable bonds is 5. The number of fused-ring (bicyclic) bond motifs is 2. The maximum absolute atomic E-state index is 10.9. The van der Waals surface area contributed by atoms with Crippen LogP contribution in [-0.4, -0.2) is 27.4 Å². The third-order valence-electron chi connectivity index (χ3n) is 9.89. The quantitative estimate of drug-likeness (QED) is 0.272. The van der Waals surface area contributed by atoms with Crippen molar-refractivity contribution in [3.63, 3.8) is 0 Å². The number of hydrogen-bond acceptors (Lipinski definition) is 3. The number of aliphatic hydroxyl groups is 2. The molecule has 5 rings (SSSR count). The van der Waals surface area contributed by atoms with E-state index in [2.05, 4.69) is 69.9 Å². The zero-order chi connectivity index (χ0) is 25.9. The van der Waals surface area contributed by atoms with E-state index in [1.165, 1.54) is 22.8 Å². The van der Waals surface area contributed by atoms with Gasteiger partial charge in [-0.3, -0.25) is 0 Å². The van der Waals surface area contributed by atoms with E-state index < -0.39 is 0 Å². The number of aryl methyl sites for hydroxylation is 1. The third kappa shape index (κ3) is 5.74. The molecule has 4 heteroatoms. The van der Waals surface area contributed by atoms with E-state index in [4.69, 9.17) is 0 Å². The molecule has 37 heavy (non-hydrogen) atoms. The molecule has 3 aromatic rings. The van der Waals surface area contributed by atoms with Gasteiger partial charge in [0.25, 0.3) is 0 Å². The van der Waals surface area contributed by atoms with E-state index in [0.717, 1.165) is 49.8 Å². The minimum Gasteiger partial charge on any atom is -0.392 e. The molecule has 2 saturated carbocycles. The smallest absolute Gasteiger partial charge is 0.0651 e. The normalized spacial score (nSPS) is 25.5. The van der Waals surface area contributed by atoms with Gasteiger partial charge in [-0.15, -0.1) is 35.9 Å². The number of nitrogens with zero attached hydrogens (tertiary/aromatic N) is 1. The molecule has 0 amide bonds. The Bertz CT molecular complexity index is 1130. The van der Waals surface area contributed by atoms with Crippen molar-refractivity contribution in [1.29, 1.82) is 0 Å². The van der Waals surface area contributed by atoms with Gasteiger partial charge in [-0.25, -0.2) is 0 Å². The van der Waals surface area contributed by atoms with Gasteiger partial charge in [0.05, 0.1) is 12.2 Å². The molecule has 3 nitrogen and oxygen atoms in total. The molecule has 4 unspecified atom stereocenters. The average molecular weight is 679 g/mol. The summed E-state index contributed by atoms with van der Waals surface area (Å²) in [7, 11) is 0. The first-order valence-corrected chi connectivity index (χ1v) is 14.0.